The quantitative estimate of drug-likeness (QED) is 0.807. The van der Waals surface area contributed by atoms with Crippen LogP contribution >= 0.6 is 0 Å². The molecule has 0 aromatic heterocycles. The van der Waals surface area contributed by atoms with Crippen molar-refractivity contribution in [2.75, 3.05) is 13.2 Å². The molecule has 0 radical (unpaired) electrons. The molecule has 1 fully saturated rings. The van der Waals surface area contributed by atoms with Crippen LogP contribution in [0, 0.1) is 11.7 Å². The van der Waals surface area contributed by atoms with Crippen LogP contribution in [0.4, 0.5) is 4.39 Å². The van der Waals surface area contributed by atoms with Crippen LogP contribution in [0.2, 0.25) is 0 Å². The Balaban J connectivity index is 1.60. The Bertz CT molecular complexity index is 413. The van der Waals surface area contributed by atoms with Crippen molar-refractivity contribution in [3.8, 4) is 0 Å². The van der Waals surface area contributed by atoms with E-state index in [4.69, 9.17) is 4.74 Å². The number of nitrogens with one attached hydrogen (secondary N) is 1. The molecule has 3 atom stereocenters. The second-order valence-corrected chi connectivity index (χ2v) is 5.78. The normalized spacial score (nSPS) is 23.9. The van der Waals surface area contributed by atoms with Gasteiger partial charge in [0.1, 0.15) is 5.82 Å². The molecule has 20 heavy (non-hydrogen) atoms. The average molecular weight is 281 g/mol. The largest absolute Gasteiger partial charge is 0.389 e. The summed E-state index contributed by atoms with van der Waals surface area (Å²) in [5.41, 5.74) is 0.525. The maximum Gasteiger partial charge on any atom is 0.128 e. The van der Waals surface area contributed by atoms with E-state index in [-0.39, 0.29) is 19.0 Å². The molecular weight excluding hydrogens is 257 g/mol. The van der Waals surface area contributed by atoms with Gasteiger partial charge in [-0.3, -0.25) is 0 Å². The number of aliphatic hydroxyl groups is 1. The maximum absolute atomic E-state index is 13.3. The fourth-order valence-corrected chi connectivity index (χ4v) is 2.67. The number of rotatable bonds is 7. The molecule has 4 heteroatoms. The first-order chi connectivity index (χ1) is 9.65. The van der Waals surface area contributed by atoms with Gasteiger partial charge in [0.05, 0.1) is 19.3 Å². The number of ether oxygens (including phenoxy) is 1. The summed E-state index contributed by atoms with van der Waals surface area (Å²) in [5, 5.41) is 13.2. The monoisotopic (exact) mass is 281 g/mol. The minimum absolute atomic E-state index is 0.199. The van der Waals surface area contributed by atoms with Crippen LogP contribution < -0.4 is 5.32 Å². The maximum atomic E-state index is 13.3. The van der Waals surface area contributed by atoms with Crippen molar-refractivity contribution in [2.45, 2.75) is 44.9 Å². The van der Waals surface area contributed by atoms with E-state index in [2.05, 4.69) is 12.2 Å². The van der Waals surface area contributed by atoms with Crippen LogP contribution in [0.25, 0.3) is 0 Å². The third-order valence-electron chi connectivity index (χ3n) is 3.86. The standard InChI is InChI=1S/C16H24FNO2/c1-12-6-7-14(8-12)18-9-15(19)11-20-10-13-4-2-3-5-16(13)17/h2-5,12,14-15,18-19H,6-11H2,1H3. The predicted octanol–water partition coefficient (Wildman–Crippen LogP) is 2.48. The van der Waals surface area contributed by atoms with E-state index in [1.165, 1.54) is 25.3 Å². The SMILES string of the molecule is CC1CCC(NCC(O)COCc2ccccc2F)C1. The molecule has 3 unspecified atom stereocenters. The number of halogens is 1. The van der Waals surface area contributed by atoms with Crippen LogP contribution in [0.1, 0.15) is 31.7 Å². The number of aliphatic hydroxyl groups excluding tert-OH is 1. The molecule has 112 valence electrons. The number of hydrogen-bond donors (Lipinski definition) is 2. The van der Waals surface area contributed by atoms with E-state index in [0.29, 0.717) is 18.2 Å². The van der Waals surface area contributed by atoms with Crippen molar-refractivity contribution >= 4 is 0 Å². The Morgan fingerprint density at radius 2 is 2.20 bits per heavy atom. The Morgan fingerprint density at radius 3 is 2.90 bits per heavy atom. The Labute approximate surface area is 120 Å². The molecule has 0 spiro atoms. The Morgan fingerprint density at radius 1 is 1.40 bits per heavy atom. The molecule has 0 saturated heterocycles. The summed E-state index contributed by atoms with van der Waals surface area (Å²) in [7, 11) is 0. The molecule has 1 aromatic rings. The van der Waals surface area contributed by atoms with Crippen molar-refractivity contribution in [1.29, 1.82) is 0 Å². The molecule has 1 aromatic carbocycles. The molecule has 0 heterocycles. The second kappa shape index (κ2) is 7.72. The summed E-state index contributed by atoms with van der Waals surface area (Å²) in [6.45, 7) is 3.22. The van der Waals surface area contributed by atoms with E-state index in [9.17, 15) is 9.50 Å². The molecule has 1 aliphatic carbocycles. The first-order valence-electron chi connectivity index (χ1n) is 7.37. The smallest absolute Gasteiger partial charge is 0.128 e. The third kappa shape index (κ3) is 4.85. The van der Waals surface area contributed by atoms with Crippen molar-refractivity contribution in [3.05, 3.63) is 35.6 Å². The second-order valence-electron chi connectivity index (χ2n) is 5.78. The minimum atomic E-state index is -0.544. The lowest BCUT2D eigenvalue weighted by molar-refractivity contribution is 0.0267. The van der Waals surface area contributed by atoms with Crippen LogP contribution in [-0.4, -0.2) is 30.4 Å². The molecule has 3 nitrogen and oxygen atoms in total. The molecule has 0 amide bonds. The first-order valence-corrected chi connectivity index (χ1v) is 7.37. The van der Waals surface area contributed by atoms with E-state index >= 15 is 0 Å². The van der Waals surface area contributed by atoms with Gasteiger partial charge in [-0.05, 0) is 31.2 Å². The van der Waals surface area contributed by atoms with Gasteiger partial charge >= 0.3 is 0 Å². The van der Waals surface area contributed by atoms with Crippen molar-refractivity contribution in [1.82, 2.24) is 5.32 Å². The molecular formula is C16H24FNO2. The summed E-state index contributed by atoms with van der Waals surface area (Å²) < 4.78 is 18.7. The molecule has 0 aliphatic heterocycles. The lowest BCUT2D eigenvalue weighted by Gasteiger charge is -2.16. The Kier molecular flexibility index (Phi) is 5.95. The lowest BCUT2D eigenvalue weighted by Crippen LogP contribution is -2.36. The van der Waals surface area contributed by atoms with Crippen LogP contribution in [-0.2, 0) is 11.3 Å². The third-order valence-corrected chi connectivity index (χ3v) is 3.86. The number of benzene rings is 1. The van der Waals surface area contributed by atoms with E-state index in [0.717, 1.165) is 5.92 Å². The van der Waals surface area contributed by atoms with Gasteiger partial charge in [0.25, 0.3) is 0 Å². The molecule has 2 rings (SSSR count). The van der Waals surface area contributed by atoms with Crippen LogP contribution in [0.3, 0.4) is 0 Å². The van der Waals surface area contributed by atoms with Crippen LogP contribution in [0.15, 0.2) is 24.3 Å². The molecule has 2 N–H and O–H groups in total. The van der Waals surface area contributed by atoms with E-state index < -0.39 is 6.10 Å². The van der Waals surface area contributed by atoms with E-state index in [1.54, 1.807) is 18.2 Å². The average Bonchev–Trinajstić information content (AvgIpc) is 2.84. The van der Waals surface area contributed by atoms with Gasteiger partial charge in [-0.1, -0.05) is 25.1 Å². The highest BCUT2D eigenvalue weighted by Crippen LogP contribution is 2.24. The first kappa shape index (κ1) is 15.4. The van der Waals surface area contributed by atoms with Crippen molar-refractivity contribution in [3.63, 3.8) is 0 Å². The van der Waals surface area contributed by atoms with E-state index in [1.807, 2.05) is 0 Å². The van der Waals surface area contributed by atoms with Crippen LogP contribution in [0.5, 0.6) is 0 Å². The van der Waals surface area contributed by atoms with Crippen molar-refractivity contribution < 1.29 is 14.2 Å². The van der Waals surface area contributed by atoms with Gasteiger partial charge < -0.3 is 15.2 Å². The predicted molar refractivity (Wildman–Crippen MR) is 76.9 cm³/mol. The summed E-state index contributed by atoms with van der Waals surface area (Å²) in [5.74, 6) is 0.516. The lowest BCUT2D eigenvalue weighted by atomic mass is 10.1. The summed E-state index contributed by atoms with van der Waals surface area (Å²) >= 11 is 0. The highest BCUT2D eigenvalue weighted by Gasteiger charge is 2.21. The van der Waals surface area contributed by atoms with Gasteiger partial charge in [0.2, 0.25) is 0 Å². The minimum Gasteiger partial charge on any atom is -0.389 e. The molecule has 0 bridgehead atoms. The van der Waals surface area contributed by atoms with Gasteiger partial charge in [-0.2, -0.15) is 0 Å². The highest BCUT2D eigenvalue weighted by molar-refractivity contribution is 5.16. The van der Waals surface area contributed by atoms with Gasteiger partial charge in [-0.25, -0.2) is 4.39 Å². The molecule has 1 saturated carbocycles. The zero-order valence-corrected chi connectivity index (χ0v) is 12.0. The summed E-state index contributed by atoms with van der Waals surface area (Å²) in [6, 6.07) is 7.06. The topological polar surface area (TPSA) is 41.5 Å². The van der Waals surface area contributed by atoms with Crippen molar-refractivity contribution in [2.24, 2.45) is 5.92 Å². The van der Waals surface area contributed by atoms with Gasteiger partial charge in [-0.15, -0.1) is 0 Å². The zero-order chi connectivity index (χ0) is 14.4. The highest BCUT2D eigenvalue weighted by atomic mass is 19.1. The van der Waals surface area contributed by atoms with Gasteiger partial charge in [0, 0.05) is 18.2 Å². The van der Waals surface area contributed by atoms with Gasteiger partial charge in [0.15, 0.2) is 0 Å². The summed E-state index contributed by atoms with van der Waals surface area (Å²) in [6.07, 6.45) is 3.09. The Hall–Kier alpha value is -0.970. The number of hydrogen-bond acceptors (Lipinski definition) is 3. The summed E-state index contributed by atoms with van der Waals surface area (Å²) in [4.78, 5) is 0. The fourth-order valence-electron chi connectivity index (χ4n) is 2.67. The fraction of sp³-hybridized carbons (Fsp3) is 0.625. The zero-order valence-electron chi connectivity index (χ0n) is 12.0. The molecule has 1 aliphatic rings.